The second-order valence-corrected chi connectivity index (χ2v) is 6.07. The topological polar surface area (TPSA) is 82.0 Å². The summed E-state index contributed by atoms with van der Waals surface area (Å²) in [6.07, 6.45) is 5.61. The van der Waals surface area contributed by atoms with E-state index in [2.05, 4.69) is 15.0 Å². The fraction of sp³-hybridized carbons (Fsp3) is 0.222. The van der Waals surface area contributed by atoms with E-state index < -0.39 is 10.1 Å². The van der Waals surface area contributed by atoms with Crippen molar-refractivity contribution in [2.75, 3.05) is 6.26 Å². The van der Waals surface area contributed by atoms with Gasteiger partial charge in [0.1, 0.15) is 11.3 Å². The van der Waals surface area contributed by atoms with Gasteiger partial charge in [0.15, 0.2) is 0 Å². The van der Waals surface area contributed by atoms with E-state index in [1.807, 2.05) is 0 Å². The molecule has 0 unspecified atom stereocenters. The van der Waals surface area contributed by atoms with Gasteiger partial charge in [-0.2, -0.15) is 8.42 Å². The lowest BCUT2D eigenvalue weighted by molar-refractivity contribution is 0.483. The Labute approximate surface area is 102 Å². The minimum absolute atomic E-state index is 0.108. The minimum Gasteiger partial charge on any atom is -0.361 e. The lowest BCUT2D eigenvalue weighted by Gasteiger charge is -1.98. The van der Waals surface area contributed by atoms with Crippen LogP contribution < -0.4 is 4.18 Å². The quantitative estimate of drug-likeness (QED) is 0.781. The Bertz CT molecular complexity index is 622. The summed E-state index contributed by atoms with van der Waals surface area (Å²) in [5.41, 5.74) is 0.726. The van der Waals surface area contributed by atoms with Crippen LogP contribution in [0.5, 0.6) is 5.88 Å². The second-order valence-electron chi connectivity index (χ2n) is 3.29. The van der Waals surface area contributed by atoms with E-state index >= 15 is 0 Å². The molecule has 0 aliphatic carbocycles. The highest BCUT2D eigenvalue weighted by Gasteiger charge is 2.14. The van der Waals surface area contributed by atoms with Crippen molar-refractivity contribution in [3.63, 3.8) is 0 Å². The molecule has 0 fully saturated rings. The molecular formula is C9H9N3O3S2. The summed E-state index contributed by atoms with van der Waals surface area (Å²) < 4.78 is 26.8. The highest BCUT2D eigenvalue weighted by molar-refractivity contribution is 7.86. The van der Waals surface area contributed by atoms with E-state index in [9.17, 15) is 8.42 Å². The van der Waals surface area contributed by atoms with Crippen molar-refractivity contribution in [1.82, 2.24) is 15.0 Å². The molecule has 17 heavy (non-hydrogen) atoms. The minimum atomic E-state index is -3.56. The summed E-state index contributed by atoms with van der Waals surface area (Å²) in [7, 11) is -3.56. The Morgan fingerprint density at radius 1 is 1.29 bits per heavy atom. The molecule has 0 spiro atoms. The van der Waals surface area contributed by atoms with Gasteiger partial charge in [-0.15, -0.1) is 11.3 Å². The largest absolute Gasteiger partial charge is 0.361 e. The van der Waals surface area contributed by atoms with Gasteiger partial charge in [-0.05, 0) is 6.92 Å². The van der Waals surface area contributed by atoms with E-state index in [0.29, 0.717) is 9.88 Å². The van der Waals surface area contributed by atoms with Crippen LogP contribution in [0.4, 0.5) is 0 Å². The number of aromatic nitrogens is 3. The van der Waals surface area contributed by atoms with Crippen molar-refractivity contribution in [1.29, 1.82) is 0 Å². The predicted molar refractivity (Wildman–Crippen MR) is 63.3 cm³/mol. The summed E-state index contributed by atoms with van der Waals surface area (Å²) in [5.74, 6) is 0.108. The van der Waals surface area contributed by atoms with Crippen molar-refractivity contribution in [2.45, 2.75) is 6.92 Å². The molecule has 8 heteroatoms. The lowest BCUT2D eigenvalue weighted by Crippen LogP contribution is -2.06. The average Bonchev–Trinajstić information content (AvgIpc) is 2.59. The van der Waals surface area contributed by atoms with Crippen LogP contribution in [0.3, 0.4) is 0 Å². The first-order chi connectivity index (χ1) is 7.96. The lowest BCUT2D eigenvalue weighted by atomic mass is 10.4. The second kappa shape index (κ2) is 4.38. The zero-order chi connectivity index (χ0) is 12.5. The summed E-state index contributed by atoms with van der Waals surface area (Å²) in [6.45, 7) is 1.74. The molecule has 90 valence electrons. The molecule has 0 aliphatic rings. The first kappa shape index (κ1) is 11.9. The molecule has 0 atom stereocenters. The third kappa shape index (κ3) is 2.98. The Morgan fingerprint density at radius 3 is 2.53 bits per heavy atom. The maximum atomic E-state index is 11.0. The molecule has 2 rings (SSSR count). The van der Waals surface area contributed by atoms with E-state index in [4.69, 9.17) is 4.18 Å². The molecule has 0 saturated carbocycles. The zero-order valence-electron chi connectivity index (χ0n) is 9.11. The van der Waals surface area contributed by atoms with Crippen molar-refractivity contribution in [3.05, 3.63) is 23.6 Å². The molecule has 0 saturated heterocycles. The molecule has 0 aliphatic heterocycles. The zero-order valence-corrected chi connectivity index (χ0v) is 10.7. The number of hydrogen-bond acceptors (Lipinski definition) is 7. The Hall–Kier alpha value is -1.54. The van der Waals surface area contributed by atoms with Gasteiger partial charge in [0.05, 0.1) is 11.1 Å². The van der Waals surface area contributed by atoms with Crippen LogP contribution in [-0.2, 0) is 10.1 Å². The molecule has 0 N–H and O–H groups in total. The van der Waals surface area contributed by atoms with Crippen LogP contribution in [-0.4, -0.2) is 29.6 Å². The van der Waals surface area contributed by atoms with Crippen LogP contribution in [0.2, 0.25) is 0 Å². The van der Waals surface area contributed by atoms with Gasteiger partial charge in [-0.25, -0.2) is 15.0 Å². The number of aryl methyl sites for hydroxylation is 1. The van der Waals surface area contributed by atoms with Gasteiger partial charge < -0.3 is 4.18 Å². The predicted octanol–water partition coefficient (Wildman–Crippen LogP) is 1.25. The van der Waals surface area contributed by atoms with E-state index in [0.717, 1.165) is 11.8 Å². The fourth-order valence-corrected chi connectivity index (χ4v) is 2.45. The summed E-state index contributed by atoms with van der Waals surface area (Å²) in [6, 6.07) is 0. The standard InChI is InChI=1S/C9H9N3O3S2/c1-6-8(15-17(2,13)14)12-9(16-6)7-3-10-5-11-4-7/h3-5H,1-2H3. The average molecular weight is 271 g/mol. The molecule has 2 aromatic rings. The maximum absolute atomic E-state index is 11.0. The monoisotopic (exact) mass is 271 g/mol. The van der Waals surface area contributed by atoms with Gasteiger partial charge in [-0.3, -0.25) is 0 Å². The molecule has 0 radical (unpaired) electrons. The van der Waals surface area contributed by atoms with Gasteiger partial charge >= 0.3 is 10.1 Å². The molecule has 6 nitrogen and oxygen atoms in total. The number of rotatable bonds is 3. The van der Waals surface area contributed by atoms with Crippen LogP contribution in [0.25, 0.3) is 10.6 Å². The summed E-state index contributed by atoms with van der Waals surface area (Å²) in [5, 5.41) is 0.627. The molecule has 0 bridgehead atoms. The third-order valence-electron chi connectivity index (χ3n) is 1.79. The summed E-state index contributed by atoms with van der Waals surface area (Å²) in [4.78, 5) is 12.5. The molecule has 0 aromatic carbocycles. The van der Waals surface area contributed by atoms with Gasteiger partial charge in [0.2, 0.25) is 5.88 Å². The van der Waals surface area contributed by atoms with Crippen molar-refractivity contribution >= 4 is 21.5 Å². The number of thiazole rings is 1. The summed E-state index contributed by atoms with van der Waals surface area (Å²) >= 11 is 1.33. The Balaban J connectivity index is 2.38. The van der Waals surface area contributed by atoms with Crippen LogP contribution in [0, 0.1) is 6.92 Å². The molecule has 0 amide bonds. The van der Waals surface area contributed by atoms with E-state index in [1.54, 1.807) is 19.3 Å². The first-order valence-corrected chi connectivity index (χ1v) is 7.21. The van der Waals surface area contributed by atoms with Crippen LogP contribution in [0.15, 0.2) is 18.7 Å². The highest BCUT2D eigenvalue weighted by Crippen LogP contribution is 2.31. The van der Waals surface area contributed by atoms with Gasteiger partial charge in [-0.1, -0.05) is 0 Å². The number of hydrogen-bond donors (Lipinski definition) is 0. The van der Waals surface area contributed by atoms with Crippen LogP contribution >= 0.6 is 11.3 Å². The maximum Gasteiger partial charge on any atom is 0.307 e. The van der Waals surface area contributed by atoms with E-state index in [1.165, 1.54) is 17.7 Å². The van der Waals surface area contributed by atoms with Gasteiger partial charge in [0.25, 0.3) is 0 Å². The van der Waals surface area contributed by atoms with E-state index in [-0.39, 0.29) is 5.88 Å². The van der Waals surface area contributed by atoms with Crippen molar-refractivity contribution in [3.8, 4) is 16.5 Å². The SMILES string of the molecule is Cc1sc(-c2cncnc2)nc1OS(C)(=O)=O. The highest BCUT2D eigenvalue weighted by atomic mass is 32.2. The van der Waals surface area contributed by atoms with Crippen molar-refractivity contribution < 1.29 is 12.6 Å². The number of nitrogens with zero attached hydrogens (tertiary/aromatic N) is 3. The Morgan fingerprint density at radius 2 is 1.94 bits per heavy atom. The third-order valence-corrected chi connectivity index (χ3v) is 3.25. The smallest absolute Gasteiger partial charge is 0.307 e. The molecular weight excluding hydrogens is 262 g/mol. The molecule has 2 heterocycles. The molecule has 2 aromatic heterocycles. The van der Waals surface area contributed by atoms with Gasteiger partial charge in [0, 0.05) is 18.0 Å². The van der Waals surface area contributed by atoms with Crippen LogP contribution in [0.1, 0.15) is 4.88 Å². The Kier molecular flexibility index (Phi) is 3.07. The normalized spacial score (nSPS) is 11.4. The van der Waals surface area contributed by atoms with Crippen molar-refractivity contribution in [2.24, 2.45) is 0 Å². The first-order valence-electron chi connectivity index (χ1n) is 4.58. The fourth-order valence-electron chi connectivity index (χ4n) is 1.14.